The summed E-state index contributed by atoms with van der Waals surface area (Å²) in [6.45, 7) is 3.98. The molecule has 4 aliphatic rings. The van der Waals surface area contributed by atoms with Crippen LogP contribution >= 0.6 is 0 Å². The van der Waals surface area contributed by atoms with Crippen LogP contribution in [-0.2, 0) is 6.42 Å². The van der Waals surface area contributed by atoms with Crippen molar-refractivity contribution in [2.75, 3.05) is 7.11 Å². The number of hydrogen-bond acceptors (Lipinski definition) is 26. The molecule has 0 radical (unpaired) electrons. The highest BCUT2D eigenvalue weighted by Crippen LogP contribution is 2.50. The van der Waals surface area contributed by atoms with Gasteiger partial charge in [0.1, 0.15) is 80.4 Å². The summed E-state index contributed by atoms with van der Waals surface area (Å²) in [7, 11) is 1.54. The van der Waals surface area contributed by atoms with Crippen LogP contribution in [0.3, 0.4) is 0 Å². The molecule has 0 saturated heterocycles. The Balaban J connectivity index is 0.000000119. The molecule has 0 amide bonds. The van der Waals surface area contributed by atoms with Crippen molar-refractivity contribution in [3.8, 4) is 103 Å². The fourth-order valence-corrected chi connectivity index (χ4v) is 15.9. The number of nitriles is 4. The molecule has 20 rings (SSSR count). The number of pyridine rings is 4. The lowest BCUT2D eigenvalue weighted by Gasteiger charge is -2.26. The monoisotopic (exact) mass is 1660 g/mol. The van der Waals surface area contributed by atoms with Crippen molar-refractivity contribution in [1.29, 1.82) is 21.0 Å². The van der Waals surface area contributed by atoms with Crippen molar-refractivity contribution >= 4 is 43.9 Å². The Morgan fingerprint density at radius 3 is 0.937 bits per heavy atom. The molecule has 0 fully saturated rings. The Morgan fingerprint density at radius 1 is 0.357 bits per heavy atom. The lowest BCUT2D eigenvalue weighted by atomic mass is 9.83. The minimum Gasteiger partial charge on any atom is -0.508 e. The number of hydrogen-bond donors (Lipinski definition) is 5. The Kier molecular flexibility index (Phi) is 21.8. The van der Waals surface area contributed by atoms with E-state index in [4.69, 9.17) is 64.3 Å². The van der Waals surface area contributed by atoms with E-state index in [1.807, 2.05) is 184 Å². The molecule has 0 saturated carbocycles. The highest BCUT2D eigenvalue weighted by atomic mass is 16.5. The summed E-state index contributed by atoms with van der Waals surface area (Å²) in [6.07, 6.45) is 14.7. The van der Waals surface area contributed by atoms with E-state index in [0.717, 1.165) is 78.7 Å². The minimum absolute atomic E-state index is 0.00450. The average Bonchev–Trinajstić information content (AvgIpc) is 0.752. The zero-order valence-corrected chi connectivity index (χ0v) is 67.1. The maximum atomic E-state index is 13.0. The van der Waals surface area contributed by atoms with Gasteiger partial charge in [0.2, 0.25) is 23.5 Å². The summed E-state index contributed by atoms with van der Waals surface area (Å²) in [6, 6.07) is 74.4. The van der Waals surface area contributed by atoms with Gasteiger partial charge in [0.15, 0.2) is 23.0 Å². The molecule has 0 spiro atoms. The van der Waals surface area contributed by atoms with Gasteiger partial charge in [-0.3, -0.25) is 19.9 Å². The van der Waals surface area contributed by atoms with E-state index in [1.54, 1.807) is 87.0 Å². The van der Waals surface area contributed by atoms with Crippen LogP contribution in [0, 0.1) is 52.2 Å². The number of aromatic hydroxyl groups is 1. The molecule has 4 atom stereocenters. The first kappa shape index (κ1) is 80.5. The number of methoxy groups -OCH3 is 1. The molecule has 612 valence electrons. The first-order valence-corrected chi connectivity index (χ1v) is 39.3. The number of ether oxygens (including phenoxy) is 5. The molecule has 8 aromatic heterocycles. The van der Waals surface area contributed by atoms with Crippen LogP contribution in [0.25, 0.3) is 88.4 Å². The third kappa shape index (κ3) is 15.2. The SMILES string of the molecule is CCc1ccc2oc(=O)c3c(c2c1)OC(N)=C(C#N)C3c1ccc(-c2cccnc2)cc1.COc1ccc2oc(=O)c3c(c2c1)OC(N)=C(C#N)C3c1ccc(-c2cccnc2)cc1.Cc1ccc2oc(=O)c3c(c2c1)OC(N)=C(C#N)C3c1ccc(-c2cccnc2)cc1.N#CC1=C(N)Oc2c(c(=O)oc3ccc(O)cc23)C1c1ccc(-c2cccnc2)cc1. The smallest absolute Gasteiger partial charge is 0.344 e. The normalized spacial score (nSPS) is 15.2. The molecule has 4 unspecified atom stereocenters. The number of phenols is 1. The standard InChI is InChI=1S/C26H19N3O3.C25H17N3O4.C25H17N3O3.C24H15N3O4/c1-2-15-5-10-21-19(12-15)24-23(26(30)31-21)22(20(13-27)25(28)32-24)17-8-6-16(7-9-17)18-4-3-11-29-14-18;1-30-17-8-9-20-18(11-17)23-22(25(29)31-20)21(19(12-26)24(27)32-23)15-6-4-14(5-7-15)16-3-2-10-28-13-16;1-14-4-9-20-18(11-14)23-22(25(29)30-20)21(19(12-26)24(27)31-23)16-7-5-15(6-8-16)17-3-2-10-28-13-17;25-11-18-20(14-5-3-13(4-6-14)15-2-1-9-27-12-15)21-22(31-23(18)26)17-10-16(28)7-8-19(17)30-24(21)29/h3-12,14,22H,2,28H2,1H3;2-11,13,21H,27H2,1H3;2-11,13,21H,27H2,1H3;1-10,12,20,28H,26H2. The number of nitrogens with zero attached hydrogens (tertiary/aromatic N) is 8. The van der Waals surface area contributed by atoms with Crippen LogP contribution in [0.2, 0.25) is 0 Å². The van der Waals surface area contributed by atoms with Crippen molar-refractivity contribution in [2.24, 2.45) is 22.9 Å². The van der Waals surface area contributed by atoms with Gasteiger partial charge < -0.3 is 69.4 Å². The summed E-state index contributed by atoms with van der Waals surface area (Å²) in [5, 5.41) is 51.3. The van der Waals surface area contributed by atoms with E-state index in [-0.39, 0.29) is 90.9 Å². The van der Waals surface area contributed by atoms with Crippen molar-refractivity contribution in [3.63, 3.8) is 0 Å². The second kappa shape index (κ2) is 34.1. The van der Waals surface area contributed by atoms with Gasteiger partial charge >= 0.3 is 22.5 Å². The van der Waals surface area contributed by atoms with Gasteiger partial charge in [0.05, 0.1) is 74.6 Å². The van der Waals surface area contributed by atoms with E-state index in [2.05, 4.69) is 44.2 Å². The van der Waals surface area contributed by atoms with Crippen LogP contribution in [0.1, 0.15) is 86.2 Å². The number of aryl methyl sites for hydroxylation is 2. The fraction of sp³-hybridized carbons (Fsp3) is 0.0800. The molecule has 8 aromatic carbocycles. The first-order valence-electron chi connectivity index (χ1n) is 39.3. The lowest BCUT2D eigenvalue weighted by Crippen LogP contribution is -2.26. The van der Waals surface area contributed by atoms with Crippen LogP contribution in [0.15, 0.2) is 351 Å². The minimum atomic E-state index is -0.764. The van der Waals surface area contributed by atoms with E-state index in [0.29, 0.717) is 61.1 Å². The highest BCUT2D eigenvalue weighted by Gasteiger charge is 2.41. The summed E-state index contributed by atoms with van der Waals surface area (Å²) in [4.78, 5) is 68.5. The molecule has 126 heavy (non-hydrogen) atoms. The number of aromatic nitrogens is 4. The second-order valence-electron chi connectivity index (χ2n) is 29.4. The largest absolute Gasteiger partial charge is 0.508 e. The third-order valence-corrected chi connectivity index (χ3v) is 22.0. The van der Waals surface area contributed by atoms with E-state index >= 15 is 0 Å². The lowest BCUT2D eigenvalue weighted by molar-refractivity contribution is 0.386. The van der Waals surface area contributed by atoms with Crippen LogP contribution < -0.4 is 69.1 Å². The molecule has 0 aliphatic carbocycles. The van der Waals surface area contributed by atoms with Gasteiger partial charge in [-0.25, -0.2) is 19.2 Å². The zero-order valence-electron chi connectivity index (χ0n) is 67.1. The average molecular weight is 1660 g/mol. The summed E-state index contributed by atoms with van der Waals surface area (Å²) < 4.78 is 50.6. The summed E-state index contributed by atoms with van der Waals surface area (Å²) in [5.41, 5.74) is 37.8. The van der Waals surface area contributed by atoms with Gasteiger partial charge in [0, 0.05) is 49.6 Å². The summed E-state index contributed by atoms with van der Waals surface area (Å²) >= 11 is 0. The van der Waals surface area contributed by atoms with Crippen molar-refractivity contribution in [2.45, 2.75) is 43.9 Å². The predicted octanol–water partition coefficient (Wildman–Crippen LogP) is 16.9. The van der Waals surface area contributed by atoms with Gasteiger partial charge in [-0.2, -0.15) is 21.0 Å². The molecule has 9 N–H and O–H groups in total. The summed E-state index contributed by atoms with van der Waals surface area (Å²) in [5.74, 6) is -1.30. The third-order valence-electron chi connectivity index (χ3n) is 22.0. The molecule has 16 aromatic rings. The molecule has 26 heteroatoms. The van der Waals surface area contributed by atoms with Crippen LogP contribution in [0.5, 0.6) is 34.5 Å². The Hall–Kier alpha value is -17.9. The number of rotatable bonds is 10. The molecule has 12 heterocycles. The van der Waals surface area contributed by atoms with Crippen molar-refractivity contribution < 1.29 is 46.5 Å². The van der Waals surface area contributed by atoms with Crippen molar-refractivity contribution in [1.82, 2.24) is 19.9 Å². The van der Waals surface area contributed by atoms with Gasteiger partial charge in [-0.05, 0) is 171 Å². The number of benzene rings is 8. The quantitative estimate of drug-likeness (QED) is 0.0794. The maximum Gasteiger partial charge on any atom is 0.344 e. The molecular formula is C100H68N12O14. The van der Waals surface area contributed by atoms with Gasteiger partial charge in [-0.1, -0.05) is 146 Å². The Morgan fingerprint density at radius 2 is 0.643 bits per heavy atom. The number of phenolic OH excluding ortho intramolecular Hbond substituents is 1. The second-order valence-corrected chi connectivity index (χ2v) is 29.4. The first-order chi connectivity index (χ1) is 61.3. The molecule has 4 aliphatic heterocycles. The van der Waals surface area contributed by atoms with E-state index in [1.165, 1.54) is 18.2 Å². The van der Waals surface area contributed by atoms with Crippen LogP contribution in [0.4, 0.5) is 0 Å². The van der Waals surface area contributed by atoms with E-state index in [9.17, 15) is 45.3 Å². The van der Waals surface area contributed by atoms with Gasteiger partial charge in [-0.15, -0.1) is 0 Å². The number of nitrogens with two attached hydrogens (primary N) is 4. The highest BCUT2D eigenvalue weighted by molar-refractivity contribution is 5.91. The molecule has 0 bridgehead atoms. The Labute approximate surface area is 715 Å². The topological polar surface area (TPSA) is 438 Å². The molecule has 26 nitrogen and oxygen atoms in total. The maximum absolute atomic E-state index is 13.0. The Bertz CT molecular complexity index is 7190. The van der Waals surface area contributed by atoms with Crippen molar-refractivity contribution in [3.05, 3.63) is 411 Å². The fourth-order valence-electron chi connectivity index (χ4n) is 15.9. The molecular weight excluding hydrogens is 1590 g/mol. The number of fused-ring (bicyclic) bond motifs is 12. The zero-order chi connectivity index (χ0) is 87.6. The number of allylic oxidation sites excluding steroid dienone is 4. The van der Waals surface area contributed by atoms with Crippen LogP contribution in [-0.4, -0.2) is 32.2 Å². The van der Waals surface area contributed by atoms with E-state index < -0.39 is 46.2 Å². The van der Waals surface area contributed by atoms with Gasteiger partial charge in [0.25, 0.3) is 0 Å². The predicted molar refractivity (Wildman–Crippen MR) is 468 cm³/mol.